The van der Waals surface area contributed by atoms with Crippen molar-refractivity contribution >= 4 is 6.09 Å². The summed E-state index contributed by atoms with van der Waals surface area (Å²) in [6.45, 7) is 6.73. The summed E-state index contributed by atoms with van der Waals surface area (Å²) in [5, 5.41) is 0. The van der Waals surface area contributed by atoms with Gasteiger partial charge in [-0.25, -0.2) is 4.79 Å². The number of hydrogen-bond acceptors (Lipinski definition) is 3. The van der Waals surface area contributed by atoms with Gasteiger partial charge in [-0.15, -0.1) is 0 Å². The SMILES string of the molecule is CCOC(=O)N(C)C(CC)(CC)CN. The molecule has 2 N–H and O–H groups in total. The van der Waals surface area contributed by atoms with Gasteiger partial charge < -0.3 is 15.4 Å². The fourth-order valence-corrected chi connectivity index (χ4v) is 1.56. The summed E-state index contributed by atoms with van der Waals surface area (Å²) in [6, 6.07) is 0. The van der Waals surface area contributed by atoms with Gasteiger partial charge in [0.25, 0.3) is 0 Å². The number of rotatable bonds is 5. The van der Waals surface area contributed by atoms with E-state index >= 15 is 0 Å². The Hall–Kier alpha value is -0.770. The van der Waals surface area contributed by atoms with Crippen LogP contribution in [0.5, 0.6) is 0 Å². The van der Waals surface area contributed by atoms with Gasteiger partial charge in [0.15, 0.2) is 0 Å². The van der Waals surface area contributed by atoms with E-state index in [4.69, 9.17) is 10.5 Å². The summed E-state index contributed by atoms with van der Waals surface area (Å²) in [6.07, 6.45) is 1.40. The zero-order valence-electron chi connectivity index (χ0n) is 9.67. The Morgan fingerprint density at radius 3 is 2.14 bits per heavy atom. The van der Waals surface area contributed by atoms with Crippen LogP contribution in [0.25, 0.3) is 0 Å². The number of nitrogens with two attached hydrogens (primary N) is 1. The zero-order chi connectivity index (χ0) is 11.2. The first-order valence-electron chi connectivity index (χ1n) is 5.18. The van der Waals surface area contributed by atoms with Crippen LogP contribution in [-0.4, -0.2) is 36.7 Å². The molecule has 84 valence electrons. The summed E-state index contributed by atoms with van der Waals surface area (Å²) in [7, 11) is 1.75. The molecule has 4 heteroatoms. The van der Waals surface area contributed by atoms with Gasteiger partial charge >= 0.3 is 6.09 Å². The minimum atomic E-state index is -0.290. The predicted molar refractivity (Wildman–Crippen MR) is 57.2 cm³/mol. The van der Waals surface area contributed by atoms with Crippen molar-refractivity contribution < 1.29 is 9.53 Å². The minimum absolute atomic E-state index is 0.258. The van der Waals surface area contributed by atoms with E-state index in [1.54, 1.807) is 18.9 Å². The van der Waals surface area contributed by atoms with Gasteiger partial charge in [0.1, 0.15) is 0 Å². The molecule has 0 saturated heterocycles. The van der Waals surface area contributed by atoms with E-state index in [2.05, 4.69) is 0 Å². The van der Waals surface area contributed by atoms with Crippen molar-refractivity contribution in [3.63, 3.8) is 0 Å². The number of hydrogen-bond donors (Lipinski definition) is 1. The van der Waals surface area contributed by atoms with Crippen LogP contribution in [0.1, 0.15) is 33.6 Å². The summed E-state index contributed by atoms with van der Waals surface area (Å²) >= 11 is 0. The van der Waals surface area contributed by atoms with Gasteiger partial charge in [-0.1, -0.05) is 13.8 Å². The van der Waals surface area contributed by atoms with Crippen molar-refractivity contribution in [2.45, 2.75) is 39.2 Å². The summed E-state index contributed by atoms with van der Waals surface area (Å²) in [4.78, 5) is 13.1. The van der Waals surface area contributed by atoms with E-state index in [0.717, 1.165) is 12.8 Å². The molecule has 0 bridgehead atoms. The Bertz CT molecular complexity index is 171. The monoisotopic (exact) mass is 202 g/mol. The number of amides is 1. The molecule has 0 aliphatic rings. The Balaban J connectivity index is 4.57. The van der Waals surface area contributed by atoms with Crippen molar-refractivity contribution in [1.82, 2.24) is 4.90 Å². The number of carbonyl (C=O) groups is 1. The maximum Gasteiger partial charge on any atom is 0.409 e. The van der Waals surface area contributed by atoms with Gasteiger partial charge in [0.05, 0.1) is 12.1 Å². The molecule has 0 saturated carbocycles. The highest BCUT2D eigenvalue weighted by atomic mass is 16.6. The Morgan fingerprint density at radius 1 is 1.36 bits per heavy atom. The molecule has 0 unspecified atom stereocenters. The molecular weight excluding hydrogens is 180 g/mol. The molecule has 0 spiro atoms. The Morgan fingerprint density at radius 2 is 1.86 bits per heavy atom. The largest absolute Gasteiger partial charge is 0.450 e. The van der Waals surface area contributed by atoms with Gasteiger partial charge in [-0.3, -0.25) is 0 Å². The smallest absolute Gasteiger partial charge is 0.409 e. The molecular formula is C10H22N2O2. The molecule has 1 amide bonds. The van der Waals surface area contributed by atoms with Crippen molar-refractivity contribution in [3.8, 4) is 0 Å². The Kier molecular flexibility index (Phi) is 5.53. The molecule has 4 nitrogen and oxygen atoms in total. The van der Waals surface area contributed by atoms with Crippen LogP contribution in [0.4, 0.5) is 4.79 Å². The first-order chi connectivity index (χ1) is 6.57. The molecule has 0 heterocycles. The van der Waals surface area contributed by atoms with Crippen molar-refractivity contribution in [1.29, 1.82) is 0 Å². The molecule has 0 rings (SSSR count). The fourth-order valence-electron chi connectivity index (χ4n) is 1.56. The summed E-state index contributed by atoms with van der Waals surface area (Å²) in [5.74, 6) is 0. The van der Waals surface area contributed by atoms with Crippen LogP contribution in [0.3, 0.4) is 0 Å². The summed E-state index contributed by atoms with van der Waals surface area (Å²) < 4.78 is 4.95. The average Bonchev–Trinajstić information content (AvgIpc) is 2.21. The first-order valence-corrected chi connectivity index (χ1v) is 5.18. The van der Waals surface area contributed by atoms with Crippen molar-refractivity contribution in [2.24, 2.45) is 5.73 Å². The van der Waals surface area contributed by atoms with Crippen molar-refractivity contribution in [2.75, 3.05) is 20.2 Å². The van der Waals surface area contributed by atoms with Gasteiger partial charge in [0, 0.05) is 13.6 Å². The highest BCUT2D eigenvalue weighted by Crippen LogP contribution is 2.21. The topological polar surface area (TPSA) is 55.6 Å². The van der Waals surface area contributed by atoms with Crippen LogP contribution in [0.15, 0.2) is 0 Å². The average molecular weight is 202 g/mol. The van der Waals surface area contributed by atoms with E-state index in [1.165, 1.54) is 0 Å². The normalized spacial score (nSPS) is 11.2. The molecule has 0 aromatic rings. The third-order valence-electron chi connectivity index (χ3n) is 2.95. The van der Waals surface area contributed by atoms with E-state index in [-0.39, 0.29) is 11.6 Å². The van der Waals surface area contributed by atoms with Gasteiger partial charge in [-0.2, -0.15) is 0 Å². The van der Waals surface area contributed by atoms with Crippen LogP contribution in [0, 0.1) is 0 Å². The second kappa shape index (κ2) is 5.86. The molecule has 0 aromatic heterocycles. The number of carbonyl (C=O) groups excluding carboxylic acids is 1. The highest BCUT2D eigenvalue weighted by molar-refractivity contribution is 5.68. The second-order valence-corrected chi connectivity index (χ2v) is 3.39. The van der Waals surface area contributed by atoms with Crippen LogP contribution >= 0.6 is 0 Å². The zero-order valence-corrected chi connectivity index (χ0v) is 9.67. The van der Waals surface area contributed by atoms with Gasteiger partial charge in [-0.05, 0) is 19.8 Å². The lowest BCUT2D eigenvalue weighted by atomic mass is 9.91. The maximum absolute atomic E-state index is 11.5. The fraction of sp³-hybridized carbons (Fsp3) is 0.900. The van der Waals surface area contributed by atoms with E-state index in [9.17, 15) is 4.79 Å². The van der Waals surface area contributed by atoms with E-state index < -0.39 is 0 Å². The lowest BCUT2D eigenvalue weighted by molar-refractivity contribution is 0.0653. The molecule has 14 heavy (non-hydrogen) atoms. The van der Waals surface area contributed by atoms with E-state index in [0.29, 0.717) is 13.2 Å². The quantitative estimate of drug-likeness (QED) is 0.736. The van der Waals surface area contributed by atoms with Gasteiger partial charge in [0.2, 0.25) is 0 Å². The molecule has 0 aliphatic heterocycles. The highest BCUT2D eigenvalue weighted by Gasteiger charge is 2.33. The maximum atomic E-state index is 11.5. The molecule has 0 aliphatic carbocycles. The second-order valence-electron chi connectivity index (χ2n) is 3.39. The first kappa shape index (κ1) is 13.2. The number of ether oxygens (including phenoxy) is 1. The van der Waals surface area contributed by atoms with Crippen LogP contribution in [-0.2, 0) is 4.74 Å². The summed E-state index contributed by atoms with van der Waals surface area (Å²) in [5.41, 5.74) is 5.46. The third-order valence-corrected chi connectivity index (χ3v) is 2.95. The molecule has 0 fully saturated rings. The minimum Gasteiger partial charge on any atom is -0.450 e. The number of likely N-dealkylation sites (N-methyl/N-ethyl adjacent to an activating group) is 1. The predicted octanol–water partition coefficient (Wildman–Crippen LogP) is 1.59. The standard InChI is InChI=1S/C10H22N2O2/c1-5-10(6-2,8-11)12(4)9(13)14-7-3/h5-8,11H2,1-4H3. The van der Waals surface area contributed by atoms with E-state index in [1.807, 2.05) is 13.8 Å². The third kappa shape index (κ3) is 2.61. The molecule has 0 aromatic carbocycles. The molecule has 0 radical (unpaired) electrons. The van der Waals surface area contributed by atoms with Crippen LogP contribution in [0.2, 0.25) is 0 Å². The lowest BCUT2D eigenvalue weighted by Crippen LogP contribution is -2.53. The lowest BCUT2D eigenvalue weighted by Gasteiger charge is -2.39. The number of nitrogens with zero attached hydrogens (tertiary/aromatic N) is 1. The molecule has 0 atom stereocenters. The van der Waals surface area contributed by atoms with Crippen LogP contribution < -0.4 is 5.73 Å². The van der Waals surface area contributed by atoms with Crippen molar-refractivity contribution in [3.05, 3.63) is 0 Å². The Labute approximate surface area is 86.4 Å².